The zero-order valence-corrected chi connectivity index (χ0v) is 18.8. The van der Waals surface area contributed by atoms with Crippen LogP contribution in [0, 0.1) is 5.82 Å². The molecule has 0 fully saturated rings. The van der Waals surface area contributed by atoms with E-state index in [1.165, 1.54) is 6.07 Å². The first-order valence-corrected chi connectivity index (χ1v) is 9.83. The zero-order valence-electron chi connectivity index (χ0n) is 15.6. The van der Waals surface area contributed by atoms with Crippen molar-refractivity contribution in [2.24, 2.45) is 4.99 Å². The highest BCUT2D eigenvalue weighted by atomic mass is 127. The SMILES string of the molecule is CCNC(=NCCCOCCOC)NCCSCc1ccccc1F.I. The number of methoxy groups -OCH3 is 1. The van der Waals surface area contributed by atoms with E-state index in [0.29, 0.717) is 32.1 Å². The predicted octanol–water partition coefficient (Wildman–Crippen LogP) is 3.29. The Kier molecular flexibility index (Phi) is 17.4. The van der Waals surface area contributed by atoms with Gasteiger partial charge in [0.2, 0.25) is 0 Å². The summed E-state index contributed by atoms with van der Waals surface area (Å²) in [5.74, 6) is 2.25. The molecule has 0 spiro atoms. The third-order valence-corrected chi connectivity index (χ3v) is 4.25. The molecule has 0 saturated carbocycles. The molecule has 0 radical (unpaired) electrons. The molecule has 0 aromatic heterocycles. The van der Waals surface area contributed by atoms with Crippen LogP contribution >= 0.6 is 35.7 Å². The molecule has 0 unspecified atom stereocenters. The van der Waals surface area contributed by atoms with Crippen LogP contribution in [0.4, 0.5) is 4.39 Å². The first-order valence-electron chi connectivity index (χ1n) is 8.68. The number of hydrogen-bond donors (Lipinski definition) is 2. The van der Waals surface area contributed by atoms with Gasteiger partial charge in [0.15, 0.2) is 5.96 Å². The van der Waals surface area contributed by atoms with Crippen LogP contribution in [0.2, 0.25) is 0 Å². The van der Waals surface area contributed by atoms with Crippen LogP contribution in [0.3, 0.4) is 0 Å². The van der Waals surface area contributed by atoms with Crippen molar-refractivity contribution in [3.8, 4) is 0 Å². The highest BCUT2D eigenvalue weighted by Gasteiger charge is 2.01. The molecule has 1 aromatic carbocycles. The average molecular weight is 499 g/mol. The van der Waals surface area contributed by atoms with Gasteiger partial charge in [0, 0.05) is 44.9 Å². The van der Waals surface area contributed by atoms with Gasteiger partial charge in [0.25, 0.3) is 0 Å². The van der Waals surface area contributed by atoms with Crippen LogP contribution in [0.25, 0.3) is 0 Å². The van der Waals surface area contributed by atoms with Crippen LogP contribution < -0.4 is 10.6 Å². The lowest BCUT2D eigenvalue weighted by Gasteiger charge is -2.11. The molecule has 5 nitrogen and oxygen atoms in total. The fourth-order valence-corrected chi connectivity index (χ4v) is 2.83. The summed E-state index contributed by atoms with van der Waals surface area (Å²) in [7, 11) is 1.66. The fraction of sp³-hybridized carbons (Fsp3) is 0.611. The van der Waals surface area contributed by atoms with Crippen molar-refractivity contribution in [3.05, 3.63) is 35.6 Å². The van der Waals surface area contributed by atoms with Gasteiger partial charge in [0.1, 0.15) is 5.82 Å². The number of benzene rings is 1. The molecule has 0 aliphatic rings. The van der Waals surface area contributed by atoms with Crippen molar-refractivity contribution in [1.82, 2.24) is 10.6 Å². The normalized spacial score (nSPS) is 11.1. The maximum absolute atomic E-state index is 13.5. The molecular weight excluding hydrogens is 468 g/mol. The molecule has 0 aliphatic heterocycles. The van der Waals surface area contributed by atoms with Gasteiger partial charge in [-0.2, -0.15) is 11.8 Å². The second kappa shape index (κ2) is 17.8. The van der Waals surface area contributed by atoms with E-state index in [4.69, 9.17) is 9.47 Å². The average Bonchev–Trinajstić information content (AvgIpc) is 2.62. The number of nitrogens with one attached hydrogen (secondary N) is 2. The second-order valence-electron chi connectivity index (χ2n) is 5.29. The van der Waals surface area contributed by atoms with Crippen molar-refractivity contribution in [1.29, 1.82) is 0 Å². The highest BCUT2D eigenvalue weighted by Crippen LogP contribution is 2.14. The fourth-order valence-electron chi connectivity index (χ4n) is 1.98. The van der Waals surface area contributed by atoms with Gasteiger partial charge in [-0.15, -0.1) is 24.0 Å². The van der Waals surface area contributed by atoms with Crippen LogP contribution in [0.1, 0.15) is 18.9 Å². The third-order valence-electron chi connectivity index (χ3n) is 3.25. The molecule has 0 heterocycles. The van der Waals surface area contributed by atoms with E-state index in [9.17, 15) is 4.39 Å². The predicted molar refractivity (Wildman–Crippen MR) is 119 cm³/mol. The van der Waals surface area contributed by atoms with Gasteiger partial charge in [0.05, 0.1) is 13.2 Å². The van der Waals surface area contributed by atoms with E-state index < -0.39 is 0 Å². The molecule has 26 heavy (non-hydrogen) atoms. The van der Waals surface area contributed by atoms with Crippen LogP contribution in [0.15, 0.2) is 29.3 Å². The number of thioether (sulfide) groups is 1. The molecule has 8 heteroatoms. The van der Waals surface area contributed by atoms with E-state index in [-0.39, 0.29) is 29.8 Å². The number of ether oxygens (including phenoxy) is 2. The molecule has 0 atom stereocenters. The number of nitrogens with zero attached hydrogens (tertiary/aromatic N) is 1. The summed E-state index contributed by atoms with van der Waals surface area (Å²) in [4.78, 5) is 4.52. The molecule has 1 rings (SSSR count). The Hall–Kier alpha value is -0.580. The van der Waals surface area contributed by atoms with Crippen molar-refractivity contribution < 1.29 is 13.9 Å². The van der Waals surface area contributed by atoms with Gasteiger partial charge in [-0.3, -0.25) is 4.99 Å². The Bertz CT molecular complexity index is 495. The maximum atomic E-state index is 13.5. The monoisotopic (exact) mass is 499 g/mol. The van der Waals surface area contributed by atoms with Crippen molar-refractivity contribution >= 4 is 41.7 Å². The number of aliphatic imine (C=N–C) groups is 1. The first-order chi connectivity index (χ1) is 12.3. The smallest absolute Gasteiger partial charge is 0.191 e. The summed E-state index contributed by atoms with van der Waals surface area (Å²) in [5.41, 5.74) is 0.751. The second-order valence-corrected chi connectivity index (χ2v) is 6.40. The largest absolute Gasteiger partial charge is 0.382 e. The molecule has 150 valence electrons. The quantitative estimate of drug-likeness (QED) is 0.189. The molecule has 0 amide bonds. The summed E-state index contributed by atoms with van der Waals surface area (Å²) in [5, 5.41) is 6.52. The summed E-state index contributed by atoms with van der Waals surface area (Å²) in [6, 6.07) is 6.91. The number of rotatable bonds is 13. The minimum atomic E-state index is -0.134. The Morgan fingerprint density at radius 1 is 1.19 bits per heavy atom. The van der Waals surface area contributed by atoms with E-state index in [0.717, 1.165) is 36.8 Å². The van der Waals surface area contributed by atoms with Crippen molar-refractivity contribution in [2.45, 2.75) is 19.1 Å². The van der Waals surface area contributed by atoms with Crippen LogP contribution in [-0.2, 0) is 15.2 Å². The van der Waals surface area contributed by atoms with Crippen LogP contribution in [0.5, 0.6) is 0 Å². The van der Waals surface area contributed by atoms with Crippen LogP contribution in [-0.4, -0.2) is 58.3 Å². The van der Waals surface area contributed by atoms with Gasteiger partial charge in [-0.05, 0) is 25.0 Å². The topological polar surface area (TPSA) is 54.9 Å². The minimum Gasteiger partial charge on any atom is -0.382 e. The molecule has 2 N–H and O–H groups in total. The van der Waals surface area contributed by atoms with E-state index in [2.05, 4.69) is 15.6 Å². The molecule has 0 aliphatic carbocycles. The summed E-state index contributed by atoms with van der Waals surface area (Å²) in [6.45, 7) is 6.29. The Labute approximate surface area is 177 Å². The van der Waals surface area contributed by atoms with Gasteiger partial charge in [-0.25, -0.2) is 4.39 Å². The zero-order chi connectivity index (χ0) is 18.2. The van der Waals surface area contributed by atoms with Crippen molar-refractivity contribution in [2.75, 3.05) is 52.3 Å². The molecule has 0 bridgehead atoms. The molecule has 0 saturated heterocycles. The van der Waals surface area contributed by atoms with Gasteiger partial charge in [-0.1, -0.05) is 18.2 Å². The van der Waals surface area contributed by atoms with E-state index >= 15 is 0 Å². The minimum absolute atomic E-state index is 0. The van der Waals surface area contributed by atoms with Crippen molar-refractivity contribution in [3.63, 3.8) is 0 Å². The number of guanidine groups is 1. The van der Waals surface area contributed by atoms with E-state index in [1.807, 2.05) is 19.1 Å². The highest BCUT2D eigenvalue weighted by molar-refractivity contribution is 14.0. The lowest BCUT2D eigenvalue weighted by atomic mass is 10.2. The summed E-state index contributed by atoms with van der Waals surface area (Å²) in [6.07, 6.45) is 0.877. The molecular formula is C18H31FIN3O2S. The lowest BCUT2D eigenvalue weighted by Crippen LogP contribution is -2.38. The number of hydrogen-bond acceptors (Lipinski definition) is 4. The third kappa shape index (κ3) is 12.7. The summed E-state index contributed by atoms with van der Waals surface area (Å²) >= 11 is 1.70. The Morgan fingerprint density at radius 2 is 2.00 bits per heavy atom. The number of halogens is 2. The van der Waals surface area contributed by atoms with Gasteiger partial charge >= 0.3 is 0 Å². The standard InChI is InChI=1S/C18H30FN3O2S.HI/c1-3-20-18(21-9-6-11-24-13-12-23-2)22-10-14-25-15-16-7-4-5-8-17(16)19;/h4-5,7-8H,3,6,9-15H2,1-2H3,(H2,20,21,22);1H. The lowest BCUT2D eigenvalue weighted by molar-refractivity contribution is 0.0702. The summed E-state index contributed by atoms with van der Waals surface area (Å²) < 4.78 is 23.9. The Balaban J connectivity index is 0.00000625. The maximum Gasteiger partial charge on any atom is 0.191 e. The van der Waals surface area contributed by atoms with Gasteiger partial charge < -0.3 is 20.1 Å². The Morgan fingerprint density at radius 3 is 2.73 bits per heavy atom. The molecule has 1 aromatic rings. The van der Waals surface area contributed by atoms with E-state index in [1.54, 1.807) is 24.9 Å². The first kappa shape index (κ1) is 25.4.